The van der Waals surface area contributed by atoms with Gasteiger partial charge in [0.1, 0.15) is 11.8 Å². The molecule has 2 amide bonds. The zero-order chi connectivity index (χ0) is 22.3. The predicted molar refractivity (Wildman–Crippen MR) is 124 cm³/mol. The van der Waals surface area contributed by atoms with Gasteiger partial charge in [-0.25, -0.2) is 5.43 Å². The summed E-state index contributed by atoms with van der Waals surface area (Å²) in [5, 5.41) is 7.32. The van der Waals surface area contributed by atoms with Crippen LogP contribution < -0.4 is 15.5 Å². The Balaban J connectivity index is 2.04. The molecule has 0 bridgehead atoms. The molecule has 2 aromatic carbocycles. The lowest BCUT2D eigenvalue weighted by atomic mass is 10.0. The van der Waals surface area contributed by atoms with E-state index in [1.54, 1.807) is 6.07 Å². The Morgan fingerprint density at radius 1 is 1.20 bits per heavy atom. The Morgan fingerprint density at radius 3 is 2.53 bits per heavy atom. The standard InChI is InChI=1S/C21H22BrCl2N3O3/c1-4-30-18-8-5-13(9-16(18)22)11-25-27-21(29)19(12(2)3)26-20(28)15-7-6-14(23)10-17(15)24/h5-12,19H,4H2,1-3H3,(H,26,28)(H,27,29)/b25-11+. The van der Waals surface area contributed by atoms with Gasteiger partial charge in [-0.15, -0.1) is 0 Å². The third-order valence-electron chi connectivity index (χ3n) is 4.06. The van der Waals surface area contributed by atoms with Crippen LogP contribution in [0.1, 0.15) is 36.7 Å². The van der Waals surface area contributed by atoms with E-state index in [1.807, 2.05) is 39.0 Å². The lowest BCUT2D eigenvalue weighted by molar-refractivity contribution is -0.123. The van der Waals surface area contributed by atoms with Crippen LogP contribution in [0.4, 0.5) is 0 Å². The molecule has 0 aliphatic carbocycles. The number of hydrogen-bond acceptors (Lipinski definition) is 4. The third-order valence-corrected chi connectivity index (χ3v) is 5.22. The molecule has 6 nitrogen and oxygen atoms in total. The van der Waals surface area contributed by atoms with Crippen LogP contribution >= 0.6 is 39.1 Å². The SMILES string of the molecule is CCOc1ccc(/C=N/NC(=O)C(NC(=O)c2ccc(Cl)cc2Cl)C(C)C)cc1Br. The third kappa shape index (κ3) is 6.72. The van der Waals surface area contributed by atoms with Crippen molar-refractivity contribution >= 4 is 57.2 Å². The number of halogens is 3. The highest BCUT2D eigenvalue weighted by Crippen LogP contribution is 2.25. The van der Waals surface area contributed by atoms with Crippen molar-refractivity contribution in [2.45, 2.75) is 26.8 Å². The van der Waals surface area contributed by atoms with Crippen molar-refractivity contribution in [1.82, 2.24) is 10.7 Å². The van der Waals surface area contributed by atoms with Crippen LogP contribution in [0.15, 0.2) is 46.0 Å². The Morgan fingerprint density at radius 2 is 1.93 bits per heavy atom. The van der Waals surface area contributed by atoms with Gasteiger partial charge in [0.05, 0.1) is 27.9 Å². The quantitative estimate of drug-likeness (QED) is 0.381. The van der Waals surface area contributed by atoms with Gasteiger partial charge in [0.25, 0.3) is 11.8 Å². The molecule has 0 aliphatic heterocycles. The number of nitrogens with zero attached hydrogens (tertiary/aromatic N) is 1. The number of amides is 2. The Hall–Kier alpha value is -2.09. The highest BCUT2D eigenvalue weighted by Gasteiger charge is 2.25. The Bertz CT molecular complexity index is 951. The lowest BCUT2D eigenvalue weighted by Crippen LogP contribution is -2.48. The molecule has 1 atom stereocenters. The molecule has 0 spiro atoms. The largest absolute Gasteiger partial charge is 0.493 e. The van der Waals surface area contributed by atoms with Crippen molar-refractivity contribution in [3.05, 3.63) is 62.0 Å². The fourth-order valence-corrected chi connectivity index (χ4v) is 3.54. The van der Waals surface area contributed by atoms with Gasteiger partial charge in [0.15, 0.2) is 0 Å². The molecule has 1 unspecified atom stereocenters. The molecule has 2 N–H and O–H groups in total. The van der Waals surface area contributed by atoms with Gasteiger partial charge in [-0.3, -0.25) is 9.59 Å². The molecule has 9 heteroatoms. The molecule has 30 heavy (non-hydrogen) atoms. The molecule has 0 fully saturated rings. The molecular formula is C21H22BrCl2N3O3. The summed E-state index contributed by atoms with van der Waals surface area (Å²) in [6.45, 7) is 6.11. The molecule has 0 heterocycles. The molecule has 2 aromatic rings. The van der Waals surface area contributed by atoms with Crippen molar-refractivity contribution in [3.8, 4) is 5.75 Å². The summed E-state index contributed by atoms with van der Waals surface area (Å²) in [6, 6.07) is 9.20. The number of carbonyl (C=O) groups is 2. The summed E-state index contributed by atoms with van der Waals surface area (Å²) in [5.74, 6) is -0.355. The summed E-state index contributed by atoms with van der Waals surface area (Å²) in [6.07, 6.45) is 1.51. The van der Waals surface area contributed by atoms with Crippen LogP contribution in [0.3, 0.4) is 0 Å². The first-order valence-corrected chi connectivity index (χ1v) is 10.8. The minimum Gasteiger partial charge on any atom is -0.493 e. The van der Waals surface area contributed by atoms with Gasteiger partial charge in [-0.1, -0.05) is 37.0 Å². The van der Waals surface area contributed by atoms with Crippen LogP contribution in [0, 0.1) is 5.92 Å². The molecule has 160 valence electrons. The molecule has 0 saturated carbocycles. The topological polar surface area (TPSA) is 79.8 Å². The summed E-state index contributed by atoms with van der Waals surface area (Å²) in [7, 11) is 0. The van der Waals surface area contributed by atoms with E-state index in [0.717, 1.165) is 15.8 Å². The van der Waals surface area contributed by atoms with Gasteiger partial charge in [-0.2, -0.15) is 5.10 Å². The van der Waals surface area contributed by atoms with Gasteiger partial charge in [0.2, 0.25) is 0 Å². The minimum absolute atomic E-state index is 0.171. The van der Waals surface area contributed by atoms with Crippen LogP contribution in [0.25, 0.3) is 0 Å². The number of hydrazone groups is 1. The summed E-state index contributed by atoms with van der Waals surface area (Å²) in [5.41, 5.74) is 3.47. The first-order valence-electron chi connectivity index (χ1n) is 9.24. The van der Waals surface area contributed by atoms with E-state index >= 15 is 0 Å². The van der Waals surface area contributed by atoms with Gasteiger partial charge in [-0.05, 0) is 70.7 Å². The van der Waals surface area contributed by atoms with E-state index in [4.69, 9.17) is 27.9 Å². The highest BCUT2D eigenvalue weighted by atomic mass is 79.9. The molecule has 0 aliphatic rings. The van der Waals surface area contributed by atoms with Crippen molar-refractivity contribution in [3.63, 3.8) is 0 Å². The fourth-order valence-electron chi connectivity index (χ4n) is 2.54. The summed E-state index contributed by atoms with van der Waals surface area (Å²) < 4.78 is 6.25. The second kappa shape index (κ2) is 11.3. The van der Waals surface area contributed by atoms with E-state index in [-0.39, 0.29) is 16.5 Å². The maximum absolute atomic E-state index is 12.6. The smallest absolute Gasteiger partial charge is 0.262 e. The second-order valence-corrected chi connectivity index (χ2v) is 8.37. The van der Waals surface area contributed by atoms with E-state index in [2.05, 4.69) is 31.8 Å². The first-order chi connectivity index (χ1) is 14.2. The van der Waals surface area contributed by atoms with Crippen LogP contribution in [-0.2, 0) is 4.79 Å². The maximum Gasteiger partial charge on any atom is 0.262 e. The van der Waals surface area contributed by atoms with Crippen LogP contribution in [0.2, 0.25) is 10.0 Å². The fraction of sp³-hybridized carbons (Fsp3) is 0.286. The Labute approximate surface area is 194 Å². The zero-order valence-corrected chi connectivity index (χ0v) is 19.8. The summed E-state index contributed by atoms with van der Waals surface area (Å²) >= 11 is 15.4. The van der Waals surface area contributed by atoms with E-state index in [0.29, 0.717) is 11.6 Å². The van der Waals surface area contributed by atoms with Gasteiger partial charge < -0.3 is 10.1 Å². The normalized spacial score (nSPS) is 12.1. The monoisotopic (exact) mass is 513 g/mol. The molecular weight excluding hydrogens is 493 g/mol. The molecule has 0 radical (unpaired) electrons. The van der Waals surface area contributed by atoms with Crippen LogP contribution in [-0.4, -0.2) is 30.7 Å². The Kier molecular flexibility index (Phi) is 9.14. The second-order valence-electron chi connectivity index (χ2n) is 6.68. The van der Waals surface area contributed by atoms with Crippen LogP contribution in [0.5, 0.6) is 5.75 Å². The van der Waals surface area contributed by atoms with Crippen molar-refractivity contribution in [1.29, 1.82) is 0 Å². The van der Waals surface area contributed by atoms with Crippen molar-refractivity contribution in [2.75, 3.05) is 6.61 Å². The van der Waals surface area contributed by atoms with Crippen molar-refractivity contribution in [2.24, 2.45) is 11.0 Å². The average Bonchev–Trinajstić information content (AvgIpc) is 2.67. The average molecular weight is 515 g/mol. The van der Waals surface area contributed by atoms with Gasteiger partial charge >= 0.3 is 0 Å². The zero-order valence-electron chi connectivity index (χ0n) is 16.7. The molecule has 0 saturated heterocycles. The molecule has 0 aromatic heterocycles. The lowest BCUT2D eigenvalue weighted by Gasteiger charge is -2.20. The highest BCUT2D eigenvalue weighted by molar-refractivity contribution is 9.10. The minimum atomic E-state index is -0.798. The number of rotatable bonds is 8. The number of hydrogen-bond donors (Lipinski definition) is 2. The van der Waals surface area contributed by atoms with E-state index in [1.165, 1.54) is 18.3 Å². The first kappa shape index (κ1) is 24.2. The molecule has 2 rings (SSSR count). The van der Waals surface area contributed by atoms with Gasteiger partial charge in [0, 0.05) is 5.02 Å². The predicted octanol–water partition coefficient (Wildman–Crippen LogP) is 5.06. The van der Waals surface area contributed by atoms with E-state index in [9.17, 15) is 9.59 Å². The number of ether oxygens (including phenoxy) is 1. The maximum atomic E-state index is 12.6. The number of nitrogens with one attached hydrogen (secondary N) is 2. The summed E-state index contributed by atoms with van der Waals surface area (Å²) in [4.78, 5) is 25.1. The number of carbonyl (C=O) groups excluding carboxylic acids is 2. The van der Waals surface area contributed by atoms with E-state index < -0.39 is 17.9 Å². The number of benzene rings is 2. The van der Waals surface area contributed by atoms with Crippen molar-refractivity contribution < 1.29 is 14.3 Å².